The Kier molecular flexibility index (Phi) is 6.83. The first-order valence-corrected chi connectivity index (χ1v) is 9.06. The highest BCUT2D eigenvalue weighted by atomic mass is 16.2. The number of nitrogens with one attached hydrogen (secondary N) is 1. The standard InChI is InChI=1S/C20H30N2O2/c1-15-10-12-17(13-11-15)19(21-16(2)23)14-20(24)22(3)18-8-6-4-5-7-9-18/h10-13,18-19H,4-9,14H2,1-3H3,(H,21,23). The number of aryl methyl sites for hydroxylation is 1. The lowest BCUT2D eigenvalue weighted by atomic mass is 10.0. The predicted octanol–water partition coefficient (Wildman–Crippen LogP) is 3.74. The molecule has 0 aromatic heterocycles. The lowest BCUT2D eigenvalue weighted by Gasteiger charge is -2.29. The fraction of sp³-hybridized carbons (Fsp3) is 0.600. The largest absolute Gasteiger partial charge is 0.349 e. The Balaban J connectivity index is 2.05. The van der Waals surface area contributed by atoms with Gasteiger partial charge in [-0.05, 0) is 25.3 Å². The highest BCUT2D eigenvalue weighted by Crippen LogP contribution is 2.24. The molecule has 24 heavy (non-hydrogen) atoms. The van der Waals surface area contributed by atoms with Gasteiger partial charge in [0.25, 0.3) is 0 Å². The smallest absolute Gasteiger partial charge is 0.224 e. The first kappa shape index (κ1) is 18.5. The van der Waals surface area contributed by atoms with Crippen molar-refractivity contribution in [3.63, 3.8) is 0 Å². The van der Waals surface area contributed by atoms with Crippen LogP contribution in [0, 0.1) is 6.92 Å². The van der Waals surface area contributed by atoms with Gasteiger partial charge in [-0.1, -0.05) is 55.5 Å². The zero-order valence-electron chi connectivity index (χ0n) is 15.2. The highest BCUT2D eigenvalue weighted by molar-refractivity contribution is 5.79. The third-order valence-corrected chi connectivity index (χ3v) is 5.00. The van der Waals surface area contributed by atoms with Crippen molar-refractivity contribution in [3.05, 3.63) is 35.4 Å². The van der Waals surface area contributed by atoms with Crippen LogP contribution in [-0.2, 0) is 9.59 Å². The van der Waals surface area contributed by atoms with E-state index in [9.17, 15) is 9.59 Å². The van der Waals surface area contributed by atoms with Crippen molar-refractivity contribution in [2.24, 2.45) is 0 Å². The molecule has 1 aliphatic carbocycles. The molecule has 0 bridgehead atoms. The van der Waals surface area contributed by atoms with Gasteiger partial charge in [0, 0.05) is 20.0 Å². The summed E-state index contributed by atoms with van der Waals surface area (Å²) >= 11 is 0. The third kappa shape index (κ3) is 5.36. The van der Waals surface area contributed by atoms with Crippen LogP contribution in [0.15, 0.2) is 24.3 Å². The second kappa shape index (κ2) is 8.86. The maximum atomic E-state index is 12.8. The van der Waals surface area contributed by atoms with Crippen molar-refractivity contribution >= 4 is 11.8 Å². The van der Waals surface area contributed by atoms with Gasteiger partial charge in [-0.2, -0.15) is 0 Å². The molecule has 1 aliphatic rings. The molecule has 2 amide bonds. The van der Waals surface area contributed by atoms with E-state index in [0.29, 0.717) is 12.5 Å². The van der Waals surface area contributed by atoms with Gasteiger partial charge in [0.1, 0.15) is 0 Å². The number of hydrogen-bond acceptors (Lipinski definition) is 2. The molecular weight excluding hydrogens is 300 g/mol. The second-order valence-electron chi connectivity index (χ2n) is 7.02. The van der Waals surface area contributed by atoms with E-state index in [2.05, 4.69) is 5.32 Å². The molecule has 0 spiro atoms. The zero-order valence-corrected chi connectivity index (χ0v) is 15.2. The van der Waals surface area contributed by atoms with Crippen molar-refractivity contribution in [2.75, 3.05) is 7.05 Å². The van der Waals surface area contributed by atoms with Crippen molar-refractivity contribution in [3.8, 4) is 0 Å². The normalized spacial score (nSPS) is 17.0. The summed E-state index contributed by atoms with van der Waals surface area (Å²) in [6.07, 6.45) is 7.46. The van der Waals surface area contributed by atoms with Crippen LogP contribution in [-0.4, -0.2) is 29.8 Å². The van der Waals surface area contributed by atoms with E-state index in [4.69, 9.17) is 0 Å². The number of rotatable bonds is 5. The van der Waals surface area contributed by atoms with Crippen LogP contribution in [0.2, 0.25) is 0 Å². The molecule has 1 atom stereocenters. The van der Waals surface area contributed by atoms with Gasteiger partial charge in [-0.15, -0.1) is 0 Å². The maximum absolute atomic E-state index is 12.8. The van der Waals surface area contributed by atoms with Gasteiger partial charge in [0.05, 0.1) is 12.5 Å². The molecule has 2 rings (SSSR count). The molecule has 1 aromatic rings. The average Bonchev–Trinajstić information content (AvgIpc) is 2.83. The summed E-state index contributed by atoms with van der Waals surface area (Å²) < 4.78 is 0. The molecule has 1 unspecified atom stereocenters. The molecule has 0 aliphatic heterocycles. The molecule has 1 aromatic carbocycles. The first-order valence-electron chi connectivity index (χ1n) is 9.06. The first-order chi connectivity index (χ1) is 11.5. The topological polar surface area (TPSA) is 49.4 Å². The third-order valence-electron chi connectivity index (χ3n) is 5.00. The molecule has 4 heteroatoms. The van der Waals surface area contributed by atoms with Gasteiger partial charge in [0.2, 0.25) is 11.8 Å². The van der Waals surface area contributed by atoms with Crippen LogP contribution >= 0.6 is 0 Å². The minimum absolute atomic E-state index is 0.106. The number of nitrogens with zero attached hydrogens (tertiary/aromatic N) is 1. The zero-order chi connectivity index (χ0) is 17.5. The van der Waals surface area contributed by atoms with Gasteiger partial charge < -0.3 is 10.2 Å². The van der Waals surface area contributed by atoms with Gasteiger partial charge in [-0.25, -0.2) is 0 Å². The summed E-state index contributed by atoms with van der Waals surface area (Å²) in [5.41, 5.74) is 2.15. The molecule has 132 valence electrons. The van der Waals surface area contributed by atoms with Crippen LogP contribution in [0.1, 0.15) is 69.0 Å². The van der Waals surface area contributed by atoms with Crippen LogP contribution in [0.5, 0.6) is 0 Å². The molecule has 0 saturated heterocycles. The molecule has 0 heterocycles. The highest BCUT2D eigenvalue weighted by Gasteiger charge is 2.24. The van der Waals surface area contributed by atoms with E-state index in [-0.39, 0.29) is 17.9 Å². The minimum atomic E-state index is -0.260. The molecule has 0 radical (unpaired) electrons. The number of amides is 2. The number of hydrogen-bond donors (Lipinski definition) is 1. The van der Waals surface area contributed by atoms with Crippen LogP contribution in [0.25, 0.3) is 0 Å². The van der Waals surface area contributed by atoms with Crippen LogP contribution < -0.4 is 5.32 Å². The van der Waals surface area contributed by atoms with Gasteiger partial charge >= 0.3 is 0 Å². The van der Waals surface area contributed by atoms with E-state index in [1.807, 2.05) is 43.1 Å². The summed E-state index contributed by atoms with van der Waals surface area (Å²) in [5.74, 6) is 0.00622. The van der Waals surface area contributed by atoms with Crippen molar-refractivity contribution in [1.82, 2.24) is 10.2 Å². The summed E-state index contributed by atoms with van der Waals surface area (Å²) in [7, 11) is 1.91. The van der Waals surface area contributed by atoms with Crippen molar-refractivity contribution in [1.29, 1.82) is 0 Å². The van der Waals surface area contributed by atoms with Crippen LogP contribution in [0.3, 0.4) is 0 Å². The quantitative estimate of drug-likeness (QED) is 0.836. The summed E-state index contributed by atoms with van der Waals surface area (Å²) in [6, 6.07) is 8.11. The molecule has 1 N–H and O–H groups in total. The van der Waals surface area contributed by atoms with Crippen molar-refractivity contribution in [2.45, 2.75) is 70.9 Å². The van der Waals surface area contributed by atoms with E-state index in [1.54, 1.807) is 0 Å². The molecular formula is C20H30N2O2. The minimum Gasteiger partial charge on any atom is -0.349 e. The van der Waals surface area contributed by atoms with E-state index in [1.165, 1.54) is 38.2 Å². The average molecular weight is 330 g/mol. The second-order valence-corrected chi connectivity index (χ2v) is 7.02. The Morgan fingerprint density at radius 3 is 2.25 bits per heavy atom. The van der Waals surface area contributed by atoms with E-state index >= 15 is 0 Å². The fourth-order valence-electron chi connectivity index (χ4n) is 3.46. The van der Waals surface area contributed by atoms with Gasteiger partial charge in [-0.3, -0.25) is 9.59 Å². The predicted molar refractivity (Wildman–Crippen MR) is 96.6 cm³/mol. The Bertz CT molecular complexity index is 545. The summed E-state index contributed by atoms with van der Waals surface area (Å²) in [4.78, 5) is 26.2. The molecule has 1 saturated carbocycles. The van der Waals surface area contributed by atoms with Crippen molar-refractivity contribution < 1.29 is 9.59 Å². The number of carbonyl (C=O) groups excluding carboxylic acids is 2. The lowest BCUT2D eigenvalue weighted by molar-refractivity contribution is -0.133. The number of carbonyl (C=O) groups is 2. The monoisotopic (exact) mass is 330 g/mol. The van der Waals surface area contributed by atoms with Gasteiger partial charge in [0.15, 0.2) is 0 Å². The SMILES string of the molecule is CC(=O)NC(CC(=O)N(C)C1CCCCCC1)c1ccc(C)cc1. The Morgan fingerprint density at radius 2 is 1.71 bits per heavy atom. The summed E-state index contributed by atoms with van der Waals surface area (Å²) in [5, 5.41) is 2.93. The summed E-state index contributed by atoms with van der Waals surface area (Å²) in [6.45, 7) is 3.53. The fourth-order valence-corrected chi connectivity index (χ4v) is 3.46. The molecule has 1 fully saturated rings. The lowest BCUT2D eigenvalue weighted by Crippen LogP contribution is -2.39. The van der Waals surface area contributed by atoms with E-state index in [0.717, 1.165) is 18.4 Å². The molecule has 4 nitrogen and oxygen atoms in total. The Hall–Kier alpha value is -1.84. The maximum Gasteiger partial charge on any atom is 0.224 e. The number of benzene rings is 1. The Morgan fingerprint density at radius 1 is 1.12 bits per heavy atom. The Labute approximate surface area is 145 Å². The van der Waals surface area contributed by atoms with E-state index < -0.39 is 0 Å². The van der Waals surface area contributed by atoms with Crippen LogP contribution in [0.4, 0.5) is 0 Å².